The molecule has 0 aliphatic rings. The van der Waals surface area contributed by atoms with Crippen LogP contribution in [0.2, 0.25) is 5.02 Å². The lowest BCUT2D eigenvalue weighted by Crippen LogP contribution is -2.17. The average molecular weight is 290 g/mol. The largest absolute Gasteiger partial charge is 0.289 e. The first-order valence-corrected chi connectivity index (χ1v) is 7.40. The monoisotopic (exact) mass is 289 g/mol. The summed E-state index contributed by atoms with van der Waals surface area (Å²) in [5.41, 5.74) is 1.58. The number of carbonyl (C=O) groups excluding carboxylic acids is 1. The van der Waals surface area contributed by atoms with E-state index in [2.05, 4.69) is 0 Å². The lowest BCUT2D eigenvalue weighted by atomic mass is 10.2. The van der Waals surface area contributed by atoms with Gasteiger partial charge in [0.1, 0.15) is 0 Å². The maximum absolute atomic E-state index is 11.9. The van der Waals surface area contributed by atoms with Crippen LogP contribution in [0, 0.1) is 0 Å². The molecule has 0 radical (unpaired) electrons. The quantitative estimate of drug-likeness (QED) is 0.460. The fraction of sp³-hybridized carbons (Fsp3) is 0.417. The maximum Gasteiger partial charge on any atom is 0.243 e. The molecule has 1 atom stereocenters. The first kappa shape index (κ1) is 15.1. The van der Waals surface area contributed by atoms with Gasteiger partial charge in [-0.1, -0.05) is 18.0 Å². The van der Waals surface area contributed by atoms with Crippen molar-refractivity contribution in [1.82, 2.24) is 5.48 Å². The Kier molecular flexibility index (Phi) is 6.93. The second-order valence-electron chi connectivity index (χ2n) is 3.85. The Morgan fingerprint density at radius 3 is 2.50 bits per heavy atom. The molecular weight excluding hydrogens is 274 g/mol. The van der Waals surface area contributed by atoms with Crippen LogP contribution in [0.25, 0.3) is 0 Å². The van der Waals surface area contributed by atoms with Gasteiger partial charge in [0.2, 0.25) is 5.91 Å². The van der Waals surface area contributed by atoms with Gasteiger partial charge < -0.3 is 0 Å². The molecule has 0 unspecified atom stereocenters. The minimum atomic E-state index is -1.02. The molecule has 2 N–H and O–H groups in total. The molecule has 0 aliphatic carbocycles. The normalized spacial score (nSPS) is 12.1. The number of nitrogens with one attached hydrogen (secondary N) is 1. The minimum absolute atomic E-state index is 0.296. The van der Waals surface area contributed by atoms with Crippen LogP contribution in [0.5, 0.6) is 0 Å². The van der Waals surface area contributed by atoms with Crippen LogP contribution in [-0.4, -0.2) is 21.1 Å². The van der Waals surface area contributed by atoms with Gasteiger partial charge in [-0.2, -0.15) is 0 Å². The smallest absolute Gasteiger partial charge is 0.243 e. The molecule has 1 rings (SSSR count). The highest BCUT2D eigenvalue weighted by Crippen LogP contribution is 2.14. The topological polar surface area (TPSA) is 66.4 Å². The first-order chi connectivity index (χ1) is 8.63. The lowest BCUT2D eigenvalue weighted by Gasteiger charge is -2.02. The highest BCUT2D eigenvalue weighted by atomic mass is 35.5. The predicted molar refractivity (Wildman–Crippen MR) is 71.1 cm³/mol. The first-order valence-electron chi connectivity index (χ1n) is 5.70. The third-order valence-corrected chi connectivity index (χ3v) is 4.14. The van der Waals surface area contributed by atoms with Crippen molar-refractivity contribution < 1.29 is 14.2 Å². The summed E-state index contributed by atoms with van der Waals surface area (Å²) in [6.07, 6.45) is 2.58. The van der Waals surface area contributed by atoms with E-state index in [0.29, 0.717) is 23.6 Å². The van der Waals surface area contributed by atoms with Gasteiger partial charge in [0.15, 0.2) is 0 Å². The van der Waals surface area contributed by atoms with Gasteiger partial charge in [-0.3, -0.25) is 14.2 Å². The number of rotatable bonds is 7. The molecule has 1 aromatic rings. The van der Waals surface area contributed by atoms with Gasteiger partial charge in [0.05, 0.1) is 10.8 Å². The maximum atomic E-state index is 11.9. The average Bonchev–Trinajstić information content (AvgIpc) is 2.38. The Morgan fingerprint density at radius 1 is 1.22 bits per heavy atom. The third-order valence-electron chi connectivity index (χ3n) is 2.43. The predicted octanol–water partition coefficient (Wildman–Crippen LogP) is 2.51. The lowest BCUT2D eigenvalue weighted by molar-refractivity contribution is -0.129. The van der Waals surface area contributed by atoms with Crippen molar-refractivity contribution in [3.8, 4) is 0 Å². The highest BCUT2D eigenvalue weighted by molar-refractivity contribution is 7.85. The number of unbranched alkanes of at least 4 members (excludes halogenated alkanes) is 2. The number of halogens is 1. The molecule has 0 bridgehead atoms. The molecule has 0 fully saturated rings. The Morgan fingerprint density at radius 2 is 1.89 bits per heavy atom. The molecule has 0 spiro atoms. The summed E-state index contributed by atoms with van der Waals surface area (Å²) >= 11 is 5.75. The van der Waals surface area contributed by atoms with Crippen LogP contribution in [-0.2, 0) is 15.6 Å². The van der Waals surface area contributed by atoms with Gasteiger partial charge in [-0.25, -0.2) is 5.48 Å². The summed E-state index contributed by atoms with van der Waals surface area (Å²) in [7, 11) is -1.02. The van der Waals surface area contributed by atoms with Crippen LogP contribution < -0.4 is 5.48 Å². The number of carbonyl (C=O) groups is 1. The number of hydrogen-bond acceptors (Lipinski definition) is 3. The summed E-state index contributed by atoms with van der Waals surface area (Å²) < 4.78 is 11.9. The molecule has 0 saturated heterocycles. The van der Waals surface area contributed by atoms with Gasteiger partial charge >= 0.3 is 0 Å². The molecule has 1 aromatic carbocycles. The van der Waals surface area contributed by atoms with Gasteiger partial charge in [-0.05, 0) is 37.1 Å². The molecule has 0 aliphatic heterocycles. The molecule has 0 saturated carbocycles. The van der Waals surface area contributed by atoms with E-state index >= 15 is 0 Å². The number of benzene rings is 1. The van der Waals surface area contributed by atoms with E-state index in [-0.39, 0.29) is 5.91 Å². The summed E-state index contributed by atoms with van der Waals surface area (Å²) in [5, 5.41) is 8.92. The van der Waals surface area contributed by atoms with Gasteiger partial charge in [-0.15, -0.1) is 0 Å². The summed E-state index contributed by atoms with van der Waals surface area (Å²) in [6, 6.07) is 6.97. The van der Waals surface area contributed by atoms with E-state index in [1.54, 1.807) is 29.7 Å². The van der Waals surface area contributed by atoms with E-state index in [1.165, 1.54) is 0 Å². The Labute approximate surface area is 114 Å². The number of hydrogen-bond donors (Lipinski definition) is 2. The van der Waals surface area contributed by atoms with Crippen LogP contribution >= 0.6 is 11.6 Å². The Balaban J connectivity index is 2.21. The number of amides is 1. The van der Waals surface area contributed by atoms with Crippen LogP contribution in [0.4, 0.5) is 0 Å². The van der Waals surface area contributed by atoms with E-state index in [1.807, 2.05) is 0 Å². The van der Waals surface area contributed by atoms with E-state index < -0.39 is 10.8 Å². The molecule has 6 heteroatoms. The van der Waals surface area contributed by atoms with Crippen molar-refractivity contribution in [2.24, 2.45) is 0 Å². The molecule has 0 aromatic heterocycles. The van der Waals surface area contributed by atoms with Crippen molar-refractivity contribution in [3.63, 3.8) is 0 Å². The van der Waals surface area contributed by atoms with Gasteiger partial charge in [0.25, 0.3) is 0 Å². The highest BCUT2D eigenvalue weighted by Gasteiger charge is 2.04. The molecular formula is C12H16ClNO3S. The second kappa shape index (κ2) is 8.24. The summed E-state index contributed by atoms with van der Waals surface area (Å²) in [5.74, 6) is 0.191. The second-order valence-corrected chi connectivity index (χ2v) is 5.86. The van der Waals surface area contributed by atoms with E-state index in [9.17, 15) is 9.00 Å². The number of hydroxylamine groups is 1. The zero-order chi connectivity index (χ0) is 13.4. The molecule has 1 amide bonds. The Hall–Kier alpha value is -0.910. The zero-order valence-electron chi connectivity index (χ0n) is 9.89. The standard InChI is InChI=1S/C12H16ClNO3S/c13-10-5-7-11(8-6-10)18(17)9-3-1-2-4-12(15)14-16/h5-8,16H,1-4,9H2,(H,14,15)/t18-/m1/s1. The molecule has 4 nitrogen and oxygen atoms in total. The van der Waals surface area contributed by atoms with Crippen LogP contribution in [0.1, 0.15) is 25.7 Å². The minimum Gasteiger partial charge on any atom is -0.289 e. The van der Waals surface area contributed by atoms with Crippen molar-refractivity contribution in [2.45, 2.75) is 30.6 Å². The van der Waals surface area contributed by atoms with Crippen LogP contribution in [0.15, 0.2) is 29.2 Å². The summed E-state index contributed by atoms with van der Waals surface area (Å²) in [6.45, 7) is 0. The SMILES string of the molecule is O=C(CCCCC[S@@](=O)c1ccc(Cl)cc1)NO. The zero-order valence-corrected chi connectivity index (χ0v) is 11.5. The molecule has 100 valence electrons. The fourth-order valence-corrected chi connectivity index (χ4v) is 2.72. The van der Waals surface area contributed by atoms with Crippen LogP contribution in [0.3, 0.4) is 0 Å². The van der Waals surface area contributed by atoms with E-state index in [4.69, 9.17) is 16.8 Å². The third kappa shape index (κ3) is 5.62. The van der Waals surface area contributed by atoms with Crippen molar-refractivity contribution in [2.75, 3.05) is 5.75 Å². The molecule has 18 heavy (non-hydrogen) atoms. The summed E-state index contributed by atoms with van der Waals surface area (Å²) in [4.78, 5) is 11.5. The van der Waals surface area contributed by atoms with E-state index in [0.717, 1.165) is 17.7 Å². The van der Waals surface area contributed by atoms with Crippen molar-refractivity contribution in [1.29, 1.82) is 0 Å². The van der Waals surface area contributed by atoms with Crippen molar-refractivity contribution in [3.05, 3.63) is 29.3 Å². The van der Waals surface area contributed by atoms with Crippen molar-refractivity contribution >= 4 is 28.3 Å². The Bertz CT molecular complexity index is 408. The fourth-order valence-electron chi connectivity index (χ4n) is 1.46. The molecule has 0 heterocycles. The van der Waals surface area contributed by atoms with Gasteiger partial charge in [0, 0.05) is 22.1 Å².